The highest BCUT2D eigenvalue weighted by molar-refractivity contribution is 5.90. The molecule has 6 heteroatoms. The number of carbonyl (C=O) groups excluding carboxylic acids is 2. The molecule has 0 aliphatic carbocycles. The van der Waals surface area contributed by atoms with Crippen LogP contribution in [0.5, 0.6) is 0 Å². The molecular weight excluding hydrogens is 344 g/mol. The zero-order valence-corrected chi connectivity index (χ0v) is 16.1. The van der Waals surface area contributed by atoms with E-state index in [2.05, 4.69) is 36.3 Å². The lowest BCUT2D eigenvalue weighted by atomic mass is 10.1. The van der Waals surface area contributed by atoms with Crippen molar-refractivity contribution in [2.24, 2.45) is 0 Å². The highest BCUT2D eigenvalue weighted by atomic mass is 16.6. The molecule has 1 aliphatic heterocycles. The molecule has 0 amide bonds. The molecule has 0 spiro atoms. The molecule has 6 nitrogen and oxygen atoms in total. The molecule has 1 fully saturated rings. The molecule has 0 saturated carbocycles. The molecule has 1 aliphatic rings. The Morgan fingerprint density at radius 1 is 1.30 bits per heavy atom. The predicted molar refractivity (Wildman–Crippen MR) is 101 cm³/mol. The SMILES string of the molecule is Cc1ccc(Cn2nc(C)c(/C=C/C(=O)OC3CC(C)OC3=O)c2C)cc1. The van der Waals surface area contributed by atoms with Gasteiger partial charge in [0.2, 0.25) is 6.10 Å². The summed E-state index contributed by atoms with van der Waals surface area (Å²) in [6.45, 7) is 8.36. The summed E-state index contributed by atoms with van der Waals surface area (Å²) in [5.41, 5.74) is 5.05. The van der Waals surface area contributed by atoms with Gasteiger partial charge in [-0.05, 0) is 39.3 Å². The molecule has 2 atom stereocenters. The average molecular weight is 368 g/mol. The first kappa shape index (κ1) is 18.9. The van der Waals surface area contributed by atoms with Gasteiger partial charge in [0, 0.05) is 23.8 Å². The fourth-order valence-electron chi connectivity index (χ4n) is 3.12. The largest absolute Gasteiger partial charge is 0.460 e. The van der Waals surface area contributed by atoms with Gasteiger partial charge in [0.25, 0.3) is 0 Å². The zero-order chi connectivity index (χ0) is 19.6. The van der Waals surface area contributed by atoms with E-state index < -0.39 is 18.0 Å². The standard InChI is InChI=1S/C21H24N2O4/c1-13-5-7-17(8-6-13)12-23-16(4)18(15(3)22-23)9-10-20(24)27-19-11-14(2)26-21(19)25/h5-10,14,19H,11-12H2,1-4H3/b10-9+. The molecule has 1 aromatic carbocycles. The number of ether oxygens (including phenoxy) is 2. The number of cyclic esters (lactones) is 1. The van der Waals surface area contributed by atoms with Crippen LogP contribution in [0.1, 0.15) is 41.4 Å². The molecule has 142 valence electrons. The molecule has 1 aromatic heterocycles. The van der Waals surface area contributed by atoms with E-state index in [1.165, 1.54) is 11.6 Å². The maximum absolute atomic E-state index is 12.0. The van der Waals surface area contributed by atoms with Gasteiger partial charge in [-0.25, -0.2) is 9.59 Å². The number of aromatic nitrogens is 2. The molecule has 2 unspecified atom stereocenters. The van der Waals surface area contributed by atoms with Crippen molar-refractivity contribution in [2.75, 3.05) is 0 Å². The lowest BCUT2D eigenvalue weighted by molar-refractivity contribution is -0.157. The first-order chi connectivity index (χ1) is 12.8. The van der Waals surface area contributed by atoms with Crippen molar-refractivity contribution in [1.82, 2.24) is 9.78 Å². The van der Waals surface area contributed by atoms with Gasteiger partial charge >= 0.3 is 11.9 Å². The van der Waals surface area contributed by atoms with Gasteiger partial charge in [-0.15, -0.1) is 0 Å². The predicted octanol–water partition coefficient (Wildman–Crippen LogP) is 3.12. The Bertz CT molecular complexity index is 880. The van der Waals surface area contributed by atoms with Gasteiger partial charge in [-0.1, -0.05) is 29.8 Å². The molecule has 27 heavy (non-hydrogen) atoms. The van der Waals surface area contributed by atoms with Crippen molar-refractivity contribution in [2.45, 2.75) is 52.9 Å². The van der Waals surface area contributed by atoms with Gasteiger partial charge in [0.05, 0.1) is 12.2 Å². The minimum atomic E-state index is -0.816. The van der Waals surface area contributed by atoms with E-state index in [1.807, 2.05) is 18.5 Å². The number of hydrogen-bond donors (Lipinski definition) is 0. The molecule has 0 N–H and O–H groups in total. The molecular formula is C21H24N2O4. The van der Waals surface area contributed by atoms with Gasteiger partial charge in [0.1, 0.15) is 6.10 Å². The number of carbonyl (C=O) groups is 2. The summed E-state index contributed by atoms with van der Waals surface area (Å²) in [6, 6.07) is 8.32. The van der Waals surface area contributed by atoms with Crippen LogP contribution in [0, 0.1) is 20.8 Å². The molecule has 1 saturated heterocycles. The number of hydrogen-bond acceptors (Lipinski definition) is 5. The lowest BCUT2D eigenvalue weighted by Crippen LogP contribution is -2.21. The van der Waals surface area contributed by atoms with Crippen molar-refractivity contribution < 1.29 is 19.1 Å². The lowest BCUT2D eigenvalue weighted by Gasteiger charge is -2.06. The third-order valence-corrected chi connectivity index (χ3v) is 4.66. The van der Waals surface area contributed by atoms with Crippen LogP contribution in [0.4, 0.5) is 0 Å². The van der Waals surface area contributed by atoms with E-state index >= 15 is 0 Å². The van der Waals surface area contributed by atoms with Crippen molar-refractivity contribution in [3.8, 4) is 0 Å². The summed E-state index contributed by atoms with van der Waals surface area (Å²) in [7, 11) is 0. The van der Waals surface area contributed by atoms with E-state index in [0.29, 0.717) is 13.0 Å². The summed E-state index contributed by atoms with van der Waals surface area (Å²) in [5, 5.41) is 4.57. The van der Waals surface area contributed by atoms with E-state index in [-0.39, 0.29) is 6.10 Å². The summed E-state index contributed by atoms with van der Waals surface area (Å²) in [6.07, 6.45) is 2.39. The Hall–Kier alpha value is -2.89. The molecule has 0 bridgehead atoms. The molecule has 2 heterocycles. The maximum atomic E-state index is 12.0. The number of esters is 2. The smallest absolute Gasteiger partial charge is 0.347 e. The van der Waals surface area contributed by atoms with E-state index in [1.54, 1.807) is 13.0 Å². The molecule has 3 rings (SSSR count). The monoisotopic (exact) mass is 368 g/mol. The van der Waals surface area contributed by atoms with Gasteiger partial charge < -0.3 is 9.47 Å². The number of nitrogens with zero attached hydrogens (tertiary/aromatic N) is 2. The fourth-order valence-corrected chi connectivity index (χ4v) is 3.12. The van der Waals surface area contributed by atoms with Crippen LogP contribution in [-0.4, -0.2) is 33.9 Å². The Morgan fingerprint density at radius 3 is 2.63 bits per heavy atom. The summed E-state index contributed by atoms with van der Waals surface area (Å²) in [5.74, 6) is -1.04. The van der Waals surface area contributed by atoms with Crippen molar-refractivity contribution in [3.05, 3.63) is 58.4 Å². The second kappa shape index (κ2) is 7.78. The van der Waals surface area contributed by atoms with Crippen LogP contribution in [-0.2, 0) is 25.6 Å². The second-order valence-electron chi connectivity index (χ2n) is 6.97. The number of benzene rings is 1. The molecule has 2 aromatic rings. The number of rotatable bonds is 5. The van der Waals surface area contributed by atoms with Crippen LogP contribution < -0.4 is 0 Å². The van der Waals surface area contributed by atoms with E-state index in [4.69, 9.17) is 9.47 Å². The van der Waals surface area contributed by atoms with Crippen molar-refractivity contribution in [3.63, 3.8) is 0 Å². The Balaban J connectivity index is 1.68. The van der Waals surface area contributed by atoms with Crippen LogP contribution >= 0.6 is 0 Å². The minimum absolute atomic E-state index is 0.219. The van der Waals surface area contributed by atoms with Crippen LogP contribution in [0.25, 0.3) is 6.08 Å². The third-order valence-electron chi connectivity index (χ3n) is 4.66. The second-order valence-corrected chi connectivity index (χ2v) is 6.97. The average Bonchev–Trinajstić information content (AvgIpc) is 3.06. The first-order valence-electron chi connectivity index (χ1n) is 9.02. The number of aryl methyl sites for hydroxylation is 2. The normalized spacial score (nSPS) is 19.5. The van der Waals surface area contributed by atoms with Crippen LogP contribution in [0.15, 0.2) is 30.3 Å². The van der Waals surface area contributed by atoms with Crippen LogP contribution in [0.3, 0.4) is 0 Å². The van der Waals surface area contributed by atoms with Crippen molar-refractivity contribution in [1.29, 1.82) is 0 Å². The minimum Gasteiger partial charge on any atom is -0.460 e. The maximum Gasteiger partial charge on any atom is 0.347 e. The fraction of sp³-hybridized carbons (Fsp3) is 0.381. The van der Waals surface area contributed by atoms with Crippen LogP contribution in [0.2, 0.25) is 0 Å². The first-order valence-corrected chi connectivity index (χ1v) is 9.02. The van der Waals surface area contributed by atoms with Gasteiger partial charge in [-0.3, -0.25) is 4.68 Å². The summed E-state index contributed by atoms with van der Waals surface area (Å²) in [4.78, 5) is 23.6. The highest BCUT2D eigenvalue weighted by Crippen LogP contribution is 2.19. The zero-order valence-electron chi connectivity index (χ0n) is 16.1. The Morgan fingerprint density at radius 2 is 2.00 bits per heavy atom. The Kier molecular flexibility index (Phi) is 5.44. The topological polar surface area (TPSA) is 70.4 Å². The third kappa shape index (κ3) is 4.45. The van der Waals surface area contributed by atoms with Gasteiger partial charge in [-0.2, -0.15) is 5.10 Å². The summed E-state index contributed by atoms with van der Waals surface area (Å²) < 4.78 is 12.1. The highest BCUT2D eigenvalue weighted by Gasteiger charge is 2.34. The summed E-state index contributed by atoms with van der Waals surface area (Å²) >= 11 is 0. The quantitative estimate of drug-likeness (QED) is 0.599. The van der Waals surface area contributed by atoms with E-state index in [9.17, 15) is 9.59 Å². The van der Waals surface area contributed by atoms with Gasteiger partial charge in [0.15, 0.2) is 0 Å². The molecule has 0 radical (unpaired) electrons. The Labute approximate surface area is 158 Å². The van der Waals surface area contributed by atoms with E-state index in [0.717, 1.165) is 22.5 Å². The van der Waals surface area contributed by atoms with Crippen molar-refractivity contribution >= 4 is 18.0 Å².